The molecule has 0 amide bonds. The van der Waals surface area contributed by atoms with Crippen LogP contribution in [-0.4, -0.2) is 75.5 Å². The second-order valence-corrected chi connectivity index (χ2v) is 11.4. The first kappa shape index (κ1) is 36.3. The molecule has 0 aliphatic heterocycles. The van der Waals surface area contributed by atoms with Gasteiger partial charge in [0.15, 0.2) is 6.10 Å². The van der Waals surface area contributed by atoms with Crippen molar-refractivity contribution >= 4 is 17.9 Å². The lowest BCUT2D eigenvalue weighted by Gasteiger charge is -2.34. The molecule has 38 heavy (non-hydrogen) atoms. The molecule has 0 saturated heterocycles. The first-order valence-corrected chi connectivity index (χ1v) is 15.1. The Bertz CT molecular complexity index is 618. The number of nitrogens with zero attached hydrogens (tertiary/aromatic N) is 1. The first-order valence-electron chi connectivity index (χ1n) is 15.1. The van der Waals surface area contributed by atoms with E-state index in [4.69, 9.17) is 14.2 Å². The molecule has 8 heteroatoms. The van der Waals surface area contributed by atoms with Gasteiger partial charge in [0.05, 0.1) is 40.3 Å². The third-order valence-corrected chi connectivity index (χ3v) is 6.74. The molecule has 2 unspecified atom stereocenters. The predicted octanol–water partition coefficient (Wildman–Crippen LogP) is 4.95. The van der Waals surface area contributed by atoms with E-state index in [2.05, 4.69) is 13.8 Å². The standard InChI is InChI=1S/C30H57NO7/c1-6-8-10-12-14-16-18-20-28(32)37-25-26(24-36-23-22-27(30(34)35)31(3,4)5)38-29(33)21-19-17-15-13-11-9-7-2/h26-27H,6-25H2,1-5H3. The fourth-order valence-corrected chi connectivity index (χ4v) is 4.30. The van der Waals surface area contributed by atoms with Crippen molar-refractivity contribution in [3.05, 3.63) is 0 Å². The summed E-state index contributed by atoms with van der Waals surface area (Å²) in [7, 11) is 5.37. The summed E-state index contributed by atoms with van der Waals surface area (Å²) in [5.74, 6) is -1.75. The van der Waals surface area contributed by atoms with E-state index in [0.29, 0.717) is 12.8 Å². The smallest absolute Gasteiger partial charge is 0.306 e. The Morgan fingerprint density at radius 3 is 1.63 bits per heavy atom. The molecule has 0 radical (unpaired) electrons. The lowest BCUT2D eigenvalue weighted by Crippen LogP contribution is -2.55. The van der Waals surface area contributed by atoms with Crippen LogP contribution < -0.4 is 5.11 Å². The summed E-state index contributed by atoms with van der Waals surface area (Å²) in [6.07, 6.45) is 15.8. The average molecular weight is 544 g/mol. The molecule has 8 nitrogen and oxygen atoms in total. The van der Waals surface area contributed by atoms with Gasteiger partial charge in [-0.3, -0.25) is 9.59 Å². The van der Waals surface area contributed by atoms with Crippen LogP contribution in [0.25, 0.3) is 0 Å². The Balaban J connectivity index is 4.53. The van der Waals surface area contributed by atoms with Gasteiger partial charge in [-0.2, -0.15) is 0 Å². The number of esters is 2. The minimum Gasteiger partial charge on any atom is -0.544 e. The number of carbonyl (C=O) groups excluding carboxylic acids is 3. The highest BCUT2D eigenvalue weighted by Gasteiger charge is 2.25. The van der Waals surface area contributed by atoms with E-state index in [1.807, 2.05) is 0 Å². The van der Waals surface area contributed by atoms with Crippen LogP contribution in [0.5, 0.6) is 0 Å². The van der Waals surface area contributed by atoms with Gasteiger partial charge in [-0.15, -0.1) is 0 Å². The van der Waals surface area contributed by atoms with Gasteiger partial charge >= 0.3 is 11.9 Å². The minimum atomic E-state index is -1.13. The molecule has 0 spiro atoms. The number of carboxylic acids is 1. The van der Waals surface area contributed by atoms with Crippen molar-refractivity contribution in [2.45, 2.75) is 135 Å². The molecule has 0 aromatic carbocycles. The number of aliphatic carboxylic acids is 1. The van der Waals surface area contributed by atoms with Crippen molar-refractivity contribution in [2.24, 2.45) is 0 Å². The first-order chi connectivity index (χ1) is 18.1. The predicted molar refractivity (Wildman–Crippen MR) is 148 cm³/mol. The zero-order valence-electron chi connectivity index (χ0n) is 25.1. The Kier molecular flexibility index (Phi) is 22.2. The van der Waals surface area contributed by atoms with Crippen LogP contribution in [0.15, 0.2) is 0 Å². The van der Waals surface area contributed by atoms with E-state index in [9.17, 15) is 19.5 Å². The molecule has 0 saturated carbocycles. The van der Waals surface area contributed by atoms with Crippen molar-refractivity contribution in [3.8, 4) is 0 Å². The van der Waals surface area contributed by atoms with E-state index < -0.39 is 18.1 Å². The van der Waals surface area contributed by atoms with E-state index in [1.54, 1.807) is 21.1 Å². The van der Waals surface area contributed by atoms with Crippen molar-refractivity contribution in [2.75, 3.05) is 41.0 Å². The maximum absolute atomic E-state index is 12.4. The molecule has 0 rings (SSSR count). The molecule has 0 N–H and O–H groups in total. The fourth-order valence-electron chi connectivity index (χ4n) is 4.30. The molecule has 0 bridgehead atoms. The van der Waals surface area contributed by atoms with Crippen molar-refractivity contribution in [1.29, 1.82) is 0 Å². The zero-order valence-corrected chi connectivity index (χ0v) is 25.1. The second kappa shape index (κ2) is 23.2. The van der Waals surface area contributed by atoms with Gasteiger partial charge in [-0.1, -0.05) is 90.9 Å². The summed E-state index contributed by atoms with van der Waals surface area (Å²) in [6, 6.07) is -0.715. The maximum Gasteiger partial charge on any atom is 0.306 e. The molecule has 2 atom stereocenters. The van der Waals surface area contributed by atoms with Crippen LogP contribution in [0.4, 0.5) is 0 Å². The molecule has 0 aromatic heterocycles. The Morgan fingerprint density at radius 1 is 0.684 bits per heavy atom. The third-order valence-electron chi connectivity index (χ3n) is 6.74. The van der Waals surface area contributed by atoms with Gasteiger partial charge in [0.1, 0.15) is 12.6 Å². The number of hydrogen-bond donors (Lipinski definition) is 0. The van der Waals surface area contributed by atoms with E-state index in [1.165, 1.54) is 51.4 Å². The lowest BCUT2D eigenvalue weighted by atomic mass is 10.1. The van der Waals surface area contributed by atoms with Gasteiger partial charge in [0.25, 0.3) is 0 Å². The average Bonchev–Trinajstić information content (AvgIpc) is 2.84. The van der Waals surface area contributed by atoms with Crippen LogP contribution in [0, 0.1) is 0 Å². The highest BCUT2D eigenvalue weighted by atomic mass is 16.6. The fraction of sp³-hybridized carbons (Fsp3) is 0.900. The number of ether oxygens (including phenoxy) is 3. The largest absolute Gasteiger partial charge is 0.544 e. The van der Waals surface area contributed by atoms with Crippen LogP contribution in [0.1, 0.15) is 123 Å². The third kappa shape index (κ3) is 21.3. The molecular weight excluding hydrogens is 486 g/mol. The highest BCUT2D eigenvalue weighted by molar-refractivity contribution is 5.70. The van der Waals surface area contributed by atoms with Gasteiger partial charge in [0, 0.05) is 19.3 Å². The Hall–Kier alpha value is -1.67. The summed E-state index contributed by atoms with van der Waals surface area (Å²) in [5.41, 5.74) is 0. The summed E-state index contributed by atoms with van der Waals surface area (Å²) in [4.78, 5) is 36.1. The Morgan fingerprint density at radius 2 is 1.16 bits per heavy atom. The van der Waals surface area contributed by atoms with Crippen molar-refractivity contribution in [3.63, 3.8) is 0 Å². The molecular formula is C30H57NO7. The minimum absolute atomic E-state index is 0.0460. The van der Waals surface area contributed by atoms with Gasteiger partial charge < -0.3 is 28.6 Å². The quantitative estimate of drug-likeness (QED) is 0.0864. The molecule has 0 heterocycles. The number of carbonyl (C=O) groups is 3. The van der Waals surface area contributed by atoms with E-state index >= 15 is 0 Å². The van der Waals surface area contributed by atoms with Gasteiger partial charge in [0.2, 0.25) is 0 Å². The second-order valence-electron chi connectivity index (χ2n) is 11.4. The Labute approximate surface area is 232 Å². The molecule has 0 aliphatic rings. The SMILES string of the molecule is CCCCCCCCCC(=O)OCC(COCCC(C(=O)[O-])[N+](C)(C)C)OC(=O)CCCCCCCCC. The van der Waals surface area contributed by atoms with Gasteiger partial charge in [-0.05, 0) is 12.8 Å². The molecule has 0 aromatic rings. The van der Waals surface area contributed by atoms with Crippen molar-refractivity contribution in [1.82, 2.24) is 0 Å². The topological polar surface area (TPSA) is 102 Å². The summed E-state index contributed by atoms with van der Waals surface area (Å²) in [5, 5.41) is 11.5. The highest BCUT2D eigenvalue weighted by Crippen LogP contribution is 2.12. The number of carboxylic acid groups (broad SMARTS) is 1. The molecule has 0 aliphatic carbocycles. The van der Waals surface area contributed by atoms with Crippen LogP contribution in [0.3, 0.4) is 0 Å². The van der Waals surface area contributed by atoms with Crippen LogP contribution in [0.2, 0.25) is 0 Å². The number of rotatable bonds is 26. The number of unbranched alkanes of at least 4 members (excludes halogenated alkanes) is 12. The van der Waals surface area contributed by atoms with Crippen LogP contribution >= 0.6 is 0 Å². The summed E-state index contributed by atoms with van der Waals surface area (Å²) >= 11 is 0. The maximum atomic E-state index is 12.4. The monoisotopic (exact) mass is 543 g/mol. The zero-order chi connectivity index (χ0) is 28.7. The normalized spacial score (nSPS) is 13.2. The number of hydrogen-bond acceptors (Lipinski definition) is 7. The number of quaternary nitrogens is 1. The summed E-state index contributed by atoms with van der Waals surface area (Å²) < 4.78 is 16.9. The van der Waals surface area contributed by atoms with Crippen molar-refractivity contribution < 1.29 is 38.2 Å². The number of likely N-dealkylation sites (N-methyl/N-ethyl adjacent to an activating group) is 1. The van der Waals surface area contributed by atoms with E-state index in [-0.39, 0.29) is 42.7 Å². The lowest BCUT2D eigenvalue weighted by molar-refractivity contribution is -0.889. The van der Waals surface area contributed by atoms with Gasteiger partial charge in [-0.25, -0.2) is 0 Å². The summed E-state index contributed by atoms with van der Waals surface area (Å²) in [6.45, 7) is 4.54. The molecule has 224 valence electrons. The molecule has 0 fully saturated rings. The van der Waals surface area contributed by atoms with E-state index in [0.717, 1.165) is 38.5 Å². The van der Waals surface area contributed by atoms with Crippen LogP contribution in [-0.2, 0) is 28.6 Å².